The predicted octanol–water partition coefficient (Wildman–Crippen LogP) is 3.71. The first-order chi connectivity index (χ1) is 8.93. The molecule has 1 fully saturated rings. The van der Waals surface area contributed by atoms with Crippen molar-refractivity contribution in [3.63, 3.8) is 0 Å². The van der Waals surface area contributed by atoms with E-state index in [9.17, 15) is 4.79 Å². The van der Waals surface area contributed by atoms with Crippen LogP contribution < -0.4 is 0 Å². The van der Waals surface area contributed by atoms with Crippen LogP contribution in [-0.4, -0.2) is 23.9 Å². The molecule has 2 nitrogen and oxygen atoms in total. The number of amides is 1. The Balaban J connectivity index is 2.20. The van der Waals surface area contributed by atoms with E-state index in [4.69, 9.17) is 0 Å². The van der Waals surface area contributed by atoms with Crippen LogP contribution in [0.3, 0.4) is 0 Å². The fourth-order valence-corrected chi connectivity index (χ4v) is 2.72. The van der Waals surface area contributed by atoms with Crippen molar-refractivity contribution in [1.29, 1.82) is 0 Å². The van der Waals surface area contributed by atoms with Crippen molar-refractivity contribution in [3.8, 4) is 0 Å². The molecule has 1 aliphatic heterocycles. The van der Waals surface area contributed by atoms with Gasteiger partial charge in [0.05, 0.1) is 5.41 Å². The maximum atomic E-state index is 12.6. The highest BCUT2D eigenvalue weighted by atomic mass is 16.2. The minimum absolute atomic E-state index is 0.266. The maximum absolute atomic E-state index is 12.6. The molecule has 1 saturated heterocycles. The fourth-order valence-electron chi connectivity index (χ4n) is 2.72. The van der Waals surface area contributed by atoms with Gasteiger partial charge in [0.25, 0.3) is 0 Å². The van der Waals surface area contributed by atoms with Crippen LogP contribution in [0.2, 0.25) is 0 Å². The normalized spacial score (nSPS) is 16.2. The Morgan fingerprint density at radius 3 is 2.11 bits per heavy atom. The molecule has 0 unspecified atom stereocenters. The molecular weight excluding hydrogens is 234 g/mol. The molecule has 0 N–H and O–H groups in total. The highest BCUT2D eigenvalue weighted by molar-refractivity contribution is 5.87. The van der Waals surface area contributed by atoms with Crippen LogP contribution >= 0.6 is 0 Å². The third kappa shape index (κ3) is 2.83. The molecule has 0 aromatic heterocycles. The molecule has 0 saturated carbocycles. The predicted molar refractivity (Wildman–Crippen MR) is 79.4 cm³/mol. The minimum atomic E-state index is -0.417. The molecule has 1 aromatic rings. The van der Waals surface area contributed by atoms with Gasteiger partial charge in [-0.2, -0.15) is 0 Å². The third-order valence-electron chi connectivity index (χ3n) is 4.23. The van der Waals surface area contributed by atoms with Gasteiger partial charge in [-0.15, -0.1) is 0 Å². The summed E-state index contributed by atoms with van der Waals surface area (Å²) in [6, 6.07) is 8.53. The van der Waals surface area contributed by atoms with Gasteiger partial charge in [-0.1, -0.05) is 38.1 Å². The van der Waals surface area contributed by atoms with Crippen molar-refractivity contribution in [1.82, 2.24) is 4.90 Å². The monoisotopic (exact) mass is 259 g/mol. The lowest BCUT2D eigenvalue weighted by atomic mass is 9.82. The molecule has 104 valence electrons. The topological polar surface area (TPSA) is 20.3 Å². The van der Waals surface area contributed by atoms with E-state index in [1.807, 2.05) is 18.7 Å². The van der Waals surface area contributed by atoms with Gasteiger partial charge in [0, 0.05) is 13.1 Å². The summed E-state index contributed by atoms with van der Waals surface area (Å²) in [5, 5.41) is 0. The zero-order chi connectivity index (χ0) is 14.0. The number of nitrogens with zero attached hydrogens (tertiary/aromatic N) is 1. The number of hydrogen-bond donors (Lipinski definition) is 0. The van der Waals surface area contributed by atoms with E-state index in [-0.39, 0.29) is 5.91 Å². The van der Waals surface area contributed by atoms with E-state index in [2.05, 4.69) is 38.1 Å². The average Bonchev–Trinajstić information content (AvgIpc) is 2.91. The first-order valence-electron chi connectivity index (χ1n) is 7.32. The Morgan fingerprint density at radius 1 is 1.11 bits per heavy atom. The van der Waals surface area contributed by atoms with Gasteiger partial charge in [-0.05, 0) is 43.7 Å². The quantitative estimate of drug-likeness (QED) is 0.810. The zero-order valence-electron chi connectivity index (χ0n) is 12.6. The van der Waals surface area contributed by atoms with E-state index in [1.54, 1.807) is 0 Å². The van der Waals surface area contributed by atoms with Gasteiger partial charge in [-0.3, -0.25) is 4.79 Å². The summed E-state index contributed by atoms with van der Waals surface area (Å²) in [7, 11) is 0. The van der Waals surface area contributed by atoms with Crippen molar-refractivity contribution in [2.75, 3.05) is 13.1 Å². The lowest BCUT2D eigenvalue weighted by Gasteiger charge is -2.29. The highest BCUT2D eigenvalue weighted by Gasteiger charge is 2.34. The van der Waals surface area contributed by atoms with Crippen LogP contribution in [0.1, 0.15) is 57.6 Å². The summed E-state index contributed by atoms with van der Waals surface area (Å²) in [6.45, 7) is 10.3. The first kappa shape index (κ1) is 14.1. The summed E-state index contributed by atoms with van der Waals surface area (Å²) in [4.78, 5) is 14.6. The lowest BCUT2D eigenvalue weighted by molar-refractivity contribution is -0.135. The summed E-state index contributed by atoms with van der Waals surface area (Å²) < 4.78 is 0. The number of carbonyl (C=O) groups excluding carboxylic acids is 1. The minimum Gasteiger partial charge on any atom is -0.342 e. The van der Waals surface area contributed by atoms with Crippen LogP contribution in [0, 0.1) is 0 Å². The first-order valence-corrected chi connectivity index (χ1v) is 7.32. The largest absolute Gasteiger partial charge is 0.342 e. The van der Waals surface area contributed by atoms with E-state index >= 15 is 0 Å². The molecule has 0 radical (unpaired) electrons. The second kappa shape index (κ2) is 5.36. The Bertz CT molecular complexity index is 439. The van der Waals surface area contributed by atoms with Crippen LogP contribution in [0.5, 0.6) is 0 Å². The van der Waals surface area contributed by atoms with Gasteiger partial charge in [-0.25, -0.2) is 0 Å². The standard InChI is InChI=1S/C17H25NO/c1-13(2)14-7-9-15(10-8-14)17(3,4)16(19)18-11-5-6-12-18/h7-10,13H,5-6,11-12H2,1-4H3. The molecule has 0 bridgehead atoms. The van der Waals surface area contributed by atoms with Crippen LogP contribution in [-0.2, 0) is 10.2 Å². The number of rotatable bonds is 3. The summed E-state index contributed by atoms with van der Waals surface area (Å²) in [6.07, 6.45) is 2.29. The van der Waals surface area contributed by atoms with Crippen LogP contribution in [0.15, 0.2) is 24.3 Å². The summed E-state index contributed by atoms with van der Waals surface area (Å²) in [5.74, 6) is 0.800. The van der Waals surface area contributed by atoms with E-state index in [0.717, 1.165) is 31.5 Å². The summed E-state index contributed by atoms with van der Waals surface area (Å²) in [5.41, 5.74) is 2.03. The van der Waals surface area contributed by atoms with Crippen molar-refractivity contribution in [3.05, 3.63) is 35.4 Å². The maximum Gasteiger partial charge on any atom is 0.232 e. The second-order valence-electron chi connectivity index (χ2n) is 6.40. The molecule has 19 heavy (non-hydrogen) atoms. The Morgan fingerprint density at radius 2 is 1.63 bits per heavy atom. The van der Waals surface area contributed by atoms with Crippen LogP contribution in [0.25, 0.3) is 0 Å². The SMILES string of the molecule is CC(C)c1ccc(C(C)(C)C(=O)N2CCCC2)cc1. The van der Waals surface area contributed by atoms with Crippen LogP contribution in [0.4, 0.5) is 0 Å². The average molecular weight is 259 g/mol. The van der Waals surface area contributed by atoms with Gasteiger partial charge in [0.2, 0.25) is 5.91 Å². The Hall–Kier alpha value is -1.31. The van der Waals surface area contributed by atoms with Gasteiger partial charge in [0.15, 0.2) is 0 Å². The number of hydrogen-bond acceptors (Lipinski definition) is 1. The number of carbonyl (C=O) groups is 1. The molecule has 1 aromatic carbocycles. The molecular formula is C17H25NO. The molecule has 1 amide bonds. The summed E-state index contributed by atoms with van der Waals surface area (Å²) >= 11 is 0. The van der Waals surface area contributed by atoms with Gasteiger partial charge >= 0.3 is 0 Å². The van der Waals surface area contributed by atoms with Crippen molar-refractivity contribution in [2.45, 2.75) is 51.9 Å². The molecule has 1 aliphatic rings. The van der Waals surface area contributed by atoms with Crippen molar-refractivity contribution in [2.24, 2.45) is 0 Å². The molecule has 0 spiro atoms. The number of likely N-dealkylation sites (tertiary alicyclic amines) is 1. The Kier molecular flexibility index (Phi) is 3.98. The van der Waals surface area contributed by atoms with E-state index < -0.39 is 5.41 Å². The third-order valence-corrected chi connectivity index (χ3v) is 4.23. The number of benzene rings is 1. The highest BCUT2D eigenvalue weighted by Crippen LogP contribution is 2.28. The molecule has 0 aliphatic carbocycles. The van der Waals surface area contributed by atoms with Crippen molar-refractivity contribution >= 4 is 5.91 Å². The molecule has 1 heterocycles. The smallest absolute Gasteiger partial charge is 0.232 e. The molecule has 2 heteroatoms. The fraction of sp³-hybridized carbons (Fsp3) is 0.588. The lowest BCUT2D eigenvalue weighted by Crippen LogP contribution is -2.41. The van der Waals surface area contributed by atoms with Crippen molar-refractivity contribution < 1.29 is 4.79 Å². The van der Waals surface area contributed by atoms with E-state index in [0.29, 0.717) is 5.92 Å². The molecule has 2 rings (SSSR count). The zero-order valence-corrected chi connectivity index (χ0v) is 12.6. The second-order valence-corrected chi connectivity index (χ2v) is 6.40. The van der Waals surface area contributed by atoms with E-state index in [1.165, 1.54) is 5.56 Å². The van der Waals surface area contributed by atoms with Gasteiger partial charge < -0.3 is 4.90 Å². The van der Waals surface area contributed by atoms with Gasteiger partial charge in [0.1, 0.15) is 0 Å². The molecule has 0 atom stereocenters. The Labute approximate surface area is 116 Å².